The Balaban J connectivity index is 0.00000261. The van der Waals surface area contributed by atoms with Crippen molar-refractivity contribution in [2.75, 3.05) is 20.4 Å². The molecule has 0 bridgehead atoms. The first kappa shape index (κ1) is 21.7. The predicted octanol–water partition coefficient (Wildman–Crippen LogP) is 3.70. The second-order valence-electron chi connectivity index (χ2n) is 7.17. The largest absolute Gasteiger partial charge is 0.454 e. The smallest absolute Gasteiger partial charge is 0.231 e. The molecule has 0 fully saturated rings. The van der Waals surface area contributed by atoms with E-state index in [0.717, 1.165) is 46.7 Å². The normalized spacial score (nSPS) is 13.3. The van der Waals surface area contributed by atoms with Crippen LogP contribution in [0.4, 0.5) is 0 Å². The number of hydrogen-bond donors (Lipinski definition) is 2. The Labute approximate surface area is 181 Å². The number of aromatic nitrogens is 1. The lowest BCUT2D eigenvalue weighted by Gasteiger charge is -2.14. The van der Waals surface area contributed by atoms with Gasteiger partial charge in [0.2, 0.25) is 6.79 Å². The van der Waals surface area contributed by atoms with E-state index in [-0.39, 0.29) is 29.4 Å². The first-order valence-electron chi connectivity index (χ1n) is 8.73. The summed E-state index contributed by atoms with van der Waals surface area (Å²) in [6, 6.07) is 5.95. The molecule has 0 saturated carbocycles. The Morgan fingerprint density at radius 2 is 2.00 bits per heavy atom. The summed E-state index contributed by atoms with van der Waals surface area (Å²) in [5.41, 5.74) is 2.37. The molecule has 0 radical (unpaired) electrons. The Morgan fingerprint density at radius 3 is 2.70 bits per heavy atom. The minimum absolute atomic E-state index is 0. The average Bonchev–Trinajstić information content (AvgIpc) is 3.26. The molecule has 148 valence electrons. The van der Waals surface area contributed by atoms with E-state index in [9.17, 15) is 0 Å². The van der Waals surface area contributed by atoms with Gasteiger partial charge in [0, 0.05) is 37.4 Å². The van der Waals surface area contributed by atoms with E-state index in [1.165, 1.54) is 0 Å². The topological polar surface area (TPSA) is 67.8 Å². The number of rotatable bonds is 5. The Morgan fingerprint density at radius 1 is 1.22 bits per heavy atom. The lowest BCUT2D eigenvalue weighted by Crippen LogP contribution is -2.37. The van der Waals surface area contributed by atoms with E-state index in [1.54, 1.807) is 18.4 Å². The molecule has 2 N–H and O–H groups in total. The molecule has 0 saturated heterocycles. The molecule has 1 aliphatic heterocycles. The van der Waals surface area contributed by atoms with Gasteiger partial charge in [0.1, 0.15) is 0 Å². The van der Waals surface area contributed by atoms with Crippen molar-refractivity contribution in [3.05, 3.63) is 39.8 Å². The molecule has 8 heteroatoms. The van der Waals surface area contributed by atoms with Crippen molar-refractivity contribution in [2.24, 2.45) is 4.99 Å². The van der Waals surface area contributed by atoms with E-state index in [2.05, 4.69) is 41.8 Å². The molecule has 1 aromatic heterocycles. The quantitative estimate of drug-likeness (QED) is 0.371. The maximum atomic E-state index is 5.41. The van der Waals surface area contributed by atoms with Crippen LogP contribution in [0.5, 0.6) is 11.5 Å². The lowest BCUT2D eigenvalue weighted by molar-refractivity contribution is 0.174. The van der Waals surface area contributed by atoms with Crippen LogP contribution in [0, 0.1) is 0 Å². The highest BCUT2D eigenvalue weighted by Gasteiger charge is 2.17. The first-order chi connectivity index (χ1) is 12.5. The Hall–Kier alpha value is -1.55. The lowest BCUT2D eigenvalue weighted by atomic mass is 9.93. The molecular formula is C19H27IN4O2S. The monoisotopic (exact) mass is 502 g/mol. The first-order valence-corrected chi connectivity index (χ1v) is 9.61. The van der Waals surface area contributed by atoms with Crippen LogP contribution in [0.15, 0.2) is 28.6 Å². The number of aliphatic imine (C=N–C) groups is 1. The SMILES string of the molecule is CN=C(NCCc1nc(C(C)(C)C)cs1)NCc1ccc2c(c1)OCO2.I. The predicted molar refractivity (Wildman–Crippen MR) is 121 cm³/mol. The number of halogens is 1. The molecule has 0 amide bonds. The van der Waals surface area contributed by atoms with Crippen LogP contribution >= 0.6 is 35.3 Å². The van der Waals surface area contributed by atoms with E-state index in [1.807, 2.05) is 18.2 Å². The van der Waals surface area contributed by atoms with Crippen molar-refractivity contribution >= 4 is 41.3 Å². The third kappa shape index (κ3) is 5.97. The summed E-state index contributed by atoms with van der Waals surface area (Å²) in [6.07, 6.45) is 0.880. The van der Waals surface area contributed by atoms with Gasteiger partial charge in [-0.1, -0.05) is 26.8 Å². The van der Waals surface area contributed by atoms with Crippen molar-refractivity contribution in [3.8, 4) is 11.5 Å². The fourth-order valence-electron chi connectivity index (χ4n) is 2.52. The molecule has 6 nitrogen and oxygen atoms in total. The number of nitrogens with zero attached hydrogens (tertiary/aromatic N) is 2. The minimum atomic E-state index is 0. The van der Waals surface area contributed by atoms with Gasteiger partial charge < -0.3 is 20.1 Å². The zero-order chi connectivity index (χ0) is 18.6. The second kappa shape index (κ2) is 9.59. The third-order valence-electron chi connectivity index (χ3n) is 4.07. The standard InChI is InChI=1S/C19H26N4O2S.HI/c1-19(2,3)16-11-26-17(23-16)7-8-21-18(20-4)22-10-13-5-6-14-15(9-13)25-12-24-14;/h5-6,9,11H,7-8,10,12H2,1-4H3,(H2,20,21,22);1H. The maximum absolute atomic E-state index is 5.41. The molecule has 0 unspecified atom stereocenters. The zero-order valence-corrected chi connectivity index (χ0v) is 19.3. The highest BCUT2D eigenvalue weighted by atomic mass is 127. The summed E-state index contributed by atoms with van der Waals surface area (Å²) in [7, 11) is 1.77. The number of fused-ring (bicyclic) bond motifs is 1. The molecule has 27 heavy (non-hydrogen) atoms. The fourth-order valence-corrected chi connectivity index (χ4v) is 3.54. The third-order valence-corrected chi connectivity index (χ3v) is 4.98. The van der Waals surface area contributed by atoms with Gasteiger partial charge in [-0.2, -0.15) is 0 Å². The molecule has 1 aromatic carbocycles. The molecular weight excluding hydrogens is 475 g/mol. The molecule has 0 aliphatic carbocycles. The Bertz CT molecular complexity index is 786. The van der Waals surface area contributed by atoms with E-state index in [4.69, 9.17) is 14.5 Å². The number of thiazole rings is 1. The summed E-state index contributed by atoms with van der Waals surface area (Å²) in [4.78, 5) is 9.00. The zero-order valence-electron chi connectivity index (χ0n) is 16.2. The van der Waals surface area contributed by atoms with Crippen LogP contribution in [0.2, 0.25) is 0 Å². The maximum Gasteiger partial charge on any atom is 0.231 e. The highest BCUT2D eigenvalue weighted by molar-refractivity contribution is 14.0. The molecule has 1 aliphatic rings. The van der Waals surface area contributed by atoms with Crippen LogP contribution in [0.1, 0.15) is 37.0 Å². The van der Waals surface area contributed by atoms with Gasteiger partial charge >= 0.3 is 0 Å². The van der Waals surface area contributed by atoms with Crippen molar-refractivity contribution in [1.29, 1.82) is 0 Å². The number of guanidine groups is 1. The van der Waals surface area contributed by atoms with E-state index < -0.39 is 0 Å². The van der Waals surface area contributed by atoms with Crippen molar-refractivity contribution < 1.29 is 9.47 Å². The number of benzene rings is 1. The number of nitrogens with one attached hydrogen (secondary N) is 2. The van der Waals surface area contributed by atoms with Gasteiger partial charge in [-0.3, -0.25) is 4.99 Å². The molecule has 0 atom stereocenters. The van der Waals surface area contributed by atoms with Crippen molar-refractivity contribution in [3.63, 3.8) is 0 Å². The van der Waals surface area contributed by atoms with Crippen LogP contribution in [-0.2, 0) is 18.4 Å². The van der Waals surface area contributed by atoms with Crippen molar-refractivity contribution in [1.82, 2.24) is 15.6 Å². The van der Waals surface area contributed by atoms with Gasteiger partial charge in [-0.15, -0.1) is 35.3 Å². The summed E-state index contributed by atoms with van der Waals surface area (Å²) in [5, 5.41) is 9.96. The van der Waals surface area contributed by atoms with Crippen LogP contribution in [0.25, 0.3) is 0 Å². The van der Waals surface area contributed by atoms with Gasteiger partial charge in [0.25, 0.3) is 0 Å². The number of hydrogen-bond acceptors (Lipinski definition) is 5. The van der Waals surface area contributed by atoms with Crippen LogP contribution in [0.3, 0.4) is 0 Å². The minimum Gasteiger partial charge on any atom is -0.454 e. The van der Waals surface area contributed by atoms with Gasteiger partial charge in [-0.05, 0) is 17.7 Å². The molecule has 2 aromatic rings. The van der Waals surface area contributed by atoms with Crippen LogP contribution < -0.4 is 20.1 Å². The Kier molecular flexibility index (Phi) is 7.72. The summed E-state index contributed by atoms with van der Waals surface area (Å²) in [6.45, 7) is 8.31. The average molecular weight is 502 g/mol. The van der Waals surface area contributed by atoms with Gasteiger partial charge in [-0.25, -0.2) is 4.98 Å². The van der Waals surface area contributed by atoms with E-state index in [0.29, 0.717) is 13.3 Å². The highest BCUT2D eigenvalue weighted by Crippen LogP contribution is 2.32. The van der Waals surface area contributed by atoms with Crippen molar-refractivity contribution in [2.45, 2.75) is 39.2 Å². The van der Waals surface area contributed by atoms with Crippen LogP contribution in [-0.4, -0.2) is 31.3 Å². The second-order valence-corrected chi connectivity index (χ2v) is 8.11. The molecule has 2 heterocycles. The summed E-state index contributed by atoms with van der Waals surface area (Å²) in [5.74, 6) is 2.37. The molecule has 3 rings (SSSR count). The summed E-state index contributed by atoms with van der Waals surface area (Å²) >= 11 is 1.72. The van der Waals surface area contributed by atoms with E-state index >= 15 is 0 Å². The van der Waals surface area contributed by atoms with Gasteiger partial charge in [0.15, 0.2) is 17.5 Å². The summed E-state index contributed by atoms with van der Waals surface area (Å²) < 4.78 is 10.7. The van der Waals surface area contributed by atoms with Gasteiger partial charge in [0.05, 0.1) is 10.7 Å². The molecule has 0 spiro atoms. The fraction of sp³-hybridized carbons (Fsp3) is 0.474. The number of ether oxygens (including phenoxy) is 2.